The zero-order chi connectivity index (χ0) is 33.1. The number of rotatable bonds is 12. The summed E-state index contributed by atoms with van der Waals surface area (Å²) in [5.74, 6) is -2.66. The average molecular weight is 636 g/mol. The standard InChI is InChI=1S/C32H35F2N7O5/c33-25-15-22(19-42)21(3-1-4-30(36)40-10-7-38-8-11-40)16-28(25)45-13-2-14-46-29-18-23(24(32(43)44)17-26(29)34)27(35)5-6-31(37)41-12-9-39-20-41/h1,3-6,9,12,15-20,36,38,42H,2,7-8,10-11,13-14,35,37H2,(H,43,44)/b4-1-,21-3+,22-19+,27-5-,31-6+,36-30?. The first-order valence-corrected chi connectivity index (χ1v) is 14.3. The van der Waals surface area contributed by atoms with Crippen LogP contribution in [0.15, 0.2) is 67.3 Å². The number of piperazine rings is 1. The largest absolute Gasteiger partial charge is 0.515 e. The summed E-state index contributed by atoms with van der Waals surface area (Å²) in [6.07, 6.45) is 13.4. The second-order valence-corrected chi connectivity index (χ2v) is 10.1. The van der Waals surface area contributed by atoms with E-state index in [0.29, 0.717) is 11.1 Å². The van der Waals surface area contributed by atoms with Crippen LogP contribution < -0.4 is 36.7 Å². The van der Waals surface area contributed by atoms with Gasteiger partial charge in [-0.25, -0.2) is 18.6 Å². The lowest BCUT2D eigenvalue weighted by Gasteiger charge is -2.28. The number of halogens is 2. The molecule has 2 heterocycles. The molecule has 242 valence electrons. The predicted molar refractivity (Wildman–Crippen MR) is 170 cm³/mol. The molecule has 8 N–H and O–H groups in total. The zero-order valence-electron chi connectivity index (χ0n) is 24.8. The van der Waals surface area contributed by atoms with Crippen LogP contribution >= 0.6 is 0 Å². The second kappa shape index (κ2) is 15.9. The van der Waals surface area contributed by atoms with Crippen molar-refractivity contribution < 1.29 is 33.3 Å². The van der Waals surface area contributed by atoms with E-state index in [4.69, 9.17) is 26.4 Å². The van der Waals surface area contributed by atoms with E-state index in [-0.39, 0.29) is 59.0 Å². The number of allylic oxidation sites excluding steroid dienone is 3. The number of carboxylic acids is 1. The minimum absolute atomic E-state index is 0.00404. The lowest BCUT2D eigenvalue weighted by Crippen LogP contribution is -2.45. The molecule has 2 aromatic carbocycles. The van der Waals surface area contributed by atoms with Crippen molar-refractivity contribution in [2.75, 3.05) is 39.4 Å². The topological polar surface area (TPSA) is 185 Å². The van der Waals surface area contributed by atoms with Gasteiger partial charge in [0.05, 0.1) is 25.0 Å². The Morgan fingerprint density at radius 2 is 1.72 bits per heavy atom. The first kappa shape index (κ1) is 33.3. The fourth-order valence-electron chi connectivity index (χ4n) is 4.47. The quantitative estimate of drug-likeness (QED) is 0.0744. The summed E-state index contributed by atoms with van der Waals surface area (Å²) in [4.78, 5) is 17.6. The highest BCUT2D eigenvalue weighted by Crippen LogP contribution is 2.26. The number of carbonyl (C=O) groups is 1. The van der Waals surface area contributed by atoms with Crippen LogP contribution in [0.5, 0.6) is 11.5 Å². The van der Waals surface area contributed by atoms with E-state index < -0.39 is 17.6 Å². The van der Waals surface area contributed by atoms with Gasteiger partial charge in [0, 0.05) is 61.5 Å². The number of ether oxygens (including phenoxy) is 2. The summed E-state index contributed by atoms with van der Waals surface area (Å²) in [6.45, 7) is 3.01. The van der Waals surface area contributed by atoms with Gasteiger partial charge in [0.25, 0.3) is 0 Å². The molecule has 0 spiro atoms. The monoisotopic (exact) mass is 635 g/mol. The minimum Gasteiger partial charge on any atom is -0.515 e. The Morgan fingerprint density at radius 3 is 2.37 bits per heavy atom. The van der Waals surface area contributed by atoms with Gasteiger partial charge in [0.2, 0.25) is 0 Å². The van der Waals surface area contributed by atoms with Crippen molar-refractivity contribution in [2.24, 2.45) is 11.5 Å². The van der Waals surface area contributed by atoms with Gasteiger partial charge in [0.15, 0.2) is 23.1 Å². The van der Waals surface area contributed by atoms with E-state index in [1.165, 1.54) is 41.4 Å². The van der Waals surface area contributed by atoms with Gasteiger partial charge < -0.3 is 41.4 Å². The highest BCUT2D eigenvalue weighted by Gasteiger charge is 2.18. The van der Waals surface area contributed by atoms with Crippen LogP contribution in [0.2, 0.25) is 0 Å². The molecule has 46 heavy (non-hydrogen) atoms. The Bertz CT molecular complexity index is 1770. The van der Waals surface area contributed by atoms with E-state index in [2.05, 4.69) is 10.3 Å². The predicted octanol–water partition coefficient (Wildman–Crippen LogP) is 1.98. The first-order valence-electron chi connectivity index (χ1n) is 14.3. The molecule has 0 radical (unpaired) electrons. The molecule has 1 saturated heterocycles. The second-order valence-electron chi connectivity index (χ2n) is 10.1. The molecule has 1 fully saturated rings. The molecule has 0 bridgehead atoms. The van der Waals surface area contributed by atoms with Crippen LogP contribution in [0.1, 0.15) is 22.3 Å². The zero-order valence-corrected chi connectivity index (χ0v) is 24.8. The molecule has 4 rings (SSSR count). The molecular weight excluding hydrogens is 600 g/mol. The van der Waals surface area contributed by atoms with Crippen molar-refractivity contribution in [1.29, 1.82) is 5.41 Å². The molecule has 14 heteroatoms. The van der Waals surface area contributed by atoms with Crippen LogP contribution in [0, 0.1) is 17.0 Å². The van der Waals surface area contributed by atoms with Crippen LogP contribution in [-0.2, 0) is 0 Å². The maximum atomic E-state index is 14.7. The smallest absolute Gasteiger partial charge is 0.336 e. The Balaban J connectivity index is 1.40. The molecule has 0 aliphatic carbocycles. The molecule has 12 nitrogen and oxygen atoms in total. The molecular formula is C32H35F2N7O5. The summed E-state index contributed by atoms with van der Waals surface area (Å²) < 4.78 is 42.0. The third-order valence-corrected chi connectivity index (χ3v) is 6.92. The molecule has 0 amide bonds. The van der Waals surface area contributed by atoms with E-state index >= 15 is 0 Å². The number of benzene rings is 2. The fourth-order valence-corrected chi connectivity index (χ4v) is 4.47. The number of amidine groups is 1. The number of hydrogen-bond donors (Lipinski definition) is 6. The third-order valence-electron chi connectivity index (χ3n) is 6.92. The van der Waals surface area contributed by atoms with Crippen molar-refractivity contribution in [2.45, 2.75) is 6.42 Å². The molecule has 1 aliphatic rings. The number of imidazole rings is 1. The summed E-state index contributed by atoms with van der Waals surface area (Å²) >= 11 is 0. The Hall–Kier alpha value is -5.63. The molecule has 0 saturated carbocycles. The number of nitrogens with zero attached hydrogens (tertiary/aromatic N) is 3. The van der Waals surface area contributed by atoms with Crippen LogP contribution in [-0.4, -0.2) is 75.9 Å². The van der Waals surface area contributed by atoms with Crippen molar-refractivity contribution in [3.05, 3.63) is 100 Å². The summed E-state index contributed by atoms with van der Waals surface area (Å²) in [6, 6.07) is 4.56. The Morgan fingerprint density at radius 1 is 1.02 bits per heavy atom. The van der Waals surface area contributed by atoms with Crippen molar-refractivity contribution in [3.63, 3.8) is 0 Å². The highest BCUT2D eigenvalue weighted by molar-refractivity contribution is 5.94. The number of aliphatic hydroxyl groups is 1. The number of carboxylic acid groups (broad SMARTS) is 1. The molecule has 1 aromatic heterocycles. The number of aromatic carboxylic acids is 1. The van der Waals surface area contributed by atoms with Gasteiger partial charge >= 0.3 is 5.97 Å². The number of nitrogens with two attached hydrogens (primary N) is 2. The molecule has 0 unspecified atom stereocenters. The Kier molecular flexibility index (Phi) is 11.5. The van der Waals surface area contributed by atoms with Gasteiger partial charge in [-0.2, -0.15) is 0 Å². The van der Waals surface area contributed by atoms with Crippen LogP contribution in [0.3, 0.4) is 0 Å². The summed E-state index contributed by atoms with van der Waals surface area (Å²) in [5, 5.41) is 31.3. The SMILES string of the molecule is N=C(\C=C/C=c1\cc(OCCCOc2cc(/C(N)=C/C=C(\N)n3ccnc3)c(C(=O)O)cc2F)c(F)c\c1=C/O)N1CCNCC1. The Labute approximate surface area is 263 Å². The maximum absolute atomic E-state index is 14.7. The van der Waals surface area contributed by atoms with Gasteiger partial charge in [-0.05, 0) is 47.7 Å². The van der Waals surface area contributed by atoms with Crippen LogP contribution in [0.25, 0.3) is 23.9 Å². The lowest BCUT2D eigenvalue weighted by atomic mass is 10.0. The van der Waals surface area contributed by atoms with E-state index in [9.17, 15) is 23.8 Å². The van der Waals surface area contributed by atoms with Crippen molar-refractivity contribution >= 4 is 35.7 Å². The van der Waals surface area contributed by atoms with Gasteiger partial charge in [-0.3, -0.25) is 9.98 Å². The minimum atomic E-state index is -1.38. The first-order chi connectivity index (χ1) is 22.2. The van der Waals surface area contributed by atoms with Crippen LogP contribution in [0.4, 0.5) is 8.78 Å². The van der Waals surface area contributed by atoms with Crippen molar-refractivity contribution in [3.8, 4) is 11.5 Å². The normalized spacial score (nSPS) is 15.0. The summed E-state index contributed by atoms with van der Waals surface area (Å²) in [5.41, 5.74) is 11.8. The summed E-state index contributed by atoms with van der Waals surface area (Å²) in [7, 11) is 0. The number of aliphatic hydroxyl groups excluding tert-OH is 1. The number of aromatic nitrogens is 2. The molecule has 1 aliphatic heterocycles. The van der Waals surface area contributed by atoms with E-state index in [1.807, 2.05) is 4.90 Å². The van der Waals surface area contributed by atoms with Crippen molar-refractivity contribution in [1.82, 2.24) is 19.8 Å². The number of hydrogen-bond acceptors (Lipinski definition) is 9. The number of nitrogens with one attached hydrogen (secondary N) is 2. The molecule has 0 atom stereocenters. The van der Waals surface area contributed by atoms with Gasteiger partial charge in [0.1, 0.15) is 18.0 Å². The van der Waals surface area contributed by atoms with Gasteiger partial charge in [-0.1, -0.05) is 12.2 Å². The molecule has 3 aromatic rings. The average Bonchev–Trinajstić information content (AvgIpc) is 3.60. The van der Waals surface area contributed by atoms with E-state index in [1.54, 1.807) is 24.4 Å². The highest BCUT2D eigenvalue weighted by atomic mass is 19.1. The van der Waals surface area contributed by atoms with E-state index in [0.717, 1.165) is 44.6 Å². The third kappa shape index (κ3) is 8.72. The maximum Gasteiger partial charge on any atom is 0.336 e. The fraction of sp³-hybridized carbons (Fsp3) is 0.219. The van der Waals surface area contributed by atoms with Gasteiger partial charge in [-0.15, -0.1) is 0 Å². The lowest BCUT2D eigenvalue weighted by molar-refractivity contribution is 0.0696.